The number of amides is 1. The topological polar surface area (TPSA) is 75.1 Å². The lowest BCUT2D eigenvalue weighted by atomic mass is 10.1. The number of amidine groups is 1. The van der Waals surface area contributed by atoms with Crippen LogP contribution in [0, 0.1) is 13.8 Å². The van der Waals surface area contributed by atoms with Crippen molar-refractivity contribution >= 4 is 39.9 Å². The fourth-order valence-electron chi connectivity index (χ4n) is 2.87. The highest BCUT2D eigenvalue weighted by Crippen LogP contribution is 2.30. The zero-order valence-electron chi connectivity index (χ0n) is 14.5. The molecule has 0 aliphatic carbocycles. The van der Waals surface area contributed by atoms with Gasteiger partial charge in [-0.2, -0.15) is 5.10 Å². The van der Waals surface area contributed by atoms with Crippen LogP contribution in [0.25, 0.3) is 0 Å². The number of fused-ring (bicyclic) bond motifs is 1. The molecule has 1 amide bonds. The van der Waals surface area contributed by atoms with E-state index < -0.39 is 0 Å². The molecule has 0 bridgehead atoms. The Morgan fingerprint density at radius 1 is 1.19 bits per heavy atom. The van der Waals surface area contributed by atoms with Crippen LogP contribution >= 0.6 is 11.8 Å². The van der Waals surface area contributed by atoms with Crippen molar-refractivity contribution in [2.24, 2.45) is 10.1 Å². The van der Waals surface area contributed by atoms with Gasteiger partial charge in [0, 0.05) is 11.3 Å². The monoisotopic (exact) mass is 366 g/mol. The van der Waals surface area contributed by atoms with Crippen LogP contribution in [0.4, 0.5) is 11.4 Å². The van der Waals surface area contributed by atoms with E-state index in [1.807, 2.05) is 24.3 Å². The average Bonchev–Trinajstić information content (AvgIpc) is 2.65. The number of anilines is 1. The molecule has 26 heavy (non-hydrogen) atoms. The SMILES string of the molecule is Cc1cccc(C)c1N=C1NN=C(c2ccc3c(c2)NC(=O)CO3)CS1. The highest BCUT2D eigenvalue weighted by molar-refractivity contribution is 8.14. The smallest absolute Gasteiger partial charge is 0.262 e. The molecule has 7 heteroatoms. The first-order valence-electron chi connectivity index (χ1n) is 8.27. The Morgan fingerprint density at radius 2 is 2.00 bits per heavy atom. The van der Waals surface area contributed by atoms with Crippen molar-refractivity contribution in [2.75, 3.05) is 17.7 Å². The van der Waals surface area contributed by atoms with Crippen LogP contribution in [-0.2, 0) is 4.79 Å². The standard InChI is InChI=1S/C19H18N4O2S/c1-11-4-3-5-12(2)18(11)21-19-23-22-15(10-26-19)13-6-7-16-14(8-13)20-17(24)9-25-16/h3-8H,9-10H2,1-2H3,(H,20,24)(H,21,23). The third-order valence-electron chi connectivity index (χ3n) is 4.23. The molecule has 0 radical (unpaired) electrons. The number of hydrogen-bond donors (Lipinski definition) is 2. The zero-order chi connectivity index (χ0) is 18.1. The number of aliphatic imine (C=N–C) groups is 1. The molecule has 4 rings (SSSR count). The Balaban J connectivity index is 1.56. The lowest BCUT2D eigenvalue weighted by Gasteiger charge is -2.20. The molecule has 0 unspecified atom stereocenters. The number of para-hydroxylation sites is 1. The molecule has 0 aromatic heterocycles. The summed E-state index contributed by atoms with van der Waals surface area (Å²) in [5.74, 6) is 1.24. The highest BCUT2D eigenvalue weighted by atomic mass is 32.2. The number of nitrogens with zero attached hydrogens (tertiary/aromatic N) is 2. The average molecular weight is 366 g/mol. The zero-order valence-corrected chi connectivity index (χ0v) is 15.3. The lowest BCUT2D eigenvalue weighted by molar-refractivity contribution is -0.118. The van der Waals surface area contributed by atoms with E-state index in [9.17, 15) is 4.79 Å². The van der Waals surface area contributed by atoms with Gasteiger partial charge in [0.25, 0.3) is 5.91 Å². The molecule has 132 valence electrons. The summed E-state index contributed by atoms with van der Waals surface area (Å²) in [4.78, 5) is 16.2. The summed E-state index contributed by atoms with van der Waals surface area (Å²) in [6.45, 7) is 4.17. The van der Waals surface area contributed by atoms with E-state index in [1.165, 1.54) is 0 Å². The molecule has 2 aliphatic rings. The van der Waals surface area contributed by atoms with Crippen LogP contribution in [0.1, 0.15) is 16.7 Å². The largest absolute Gasteiger partial charge is 0.482 e. The molecule has 0 saturated carbocycles. The van der Waals surface area contributed by atoms with Crippen molar-refractivity contribution in [3.8, 4) is 5.75 Å². The van der Waals surface area contributed by atoms with E-state index in [-0.39, 0.29) is 12.5 Å². The lowest BCUT2D eigenvalue weighted by Crippen LogP contribution is -2.27. The summed E-state index contributed by atoms with van der Waals surface area (Å²) in [5, 5.41) is 8.07. The van der Waals surface area contributed by atoms with Crippen molar-refractivity contribution in [3.05, 3.63) is 53.1 Å². The van der Waals surface area contributed by atoms with Crippen LogP contribution < -0.4 is 15.5 Å². The van der Waals surface area contributed by atoms with Crippen molar-refractivity contribution in [2.45, 2.75) is 13.8 Å². The molecule has 6 nitrogen and oxygen atoms in total. The quantitative estimate of drug-likeness (QED) is 0.855. The number of benzene rings is 2. The van der Waals surface area contributed by atoms with Gasteiger partial charge in [-0.1, -0.05) is 30.0 Å². The van der Waals surface area contributed by atoms with E-state index in [0.717, 1.165) is 33.3 Å². The molecule has 2 N–H and O–H groups in total. The third-order valence-corrected chi connectivity index (χ3v) is 5.10. The van der Waals surface area contributed by atoms with Crippen molar-refractivity contribution < 1.29 is 9.53 Å². The summed E-state index contributed by atoms with van der Waals surface area (Å²) in [6, 6.07) is 11.8. The van der Waals surface area contributed by atoms with Gasteiger partial charge in [0.05, 0.1) is 17.1 Å². The summed E-state index contributed by atoms with van der Waals surface area (Å²) in [6.07, 6.45) is 0. The van der Waals surface area contributed by atoms with Crippen molar-refractivity contribution in [1.29, 1.82) is 0 Å². The Kier molecular flexibility index (Phi) is 4.38. The van der Waals surface area contributed by atoms with Crippen molar-refractivity contribution in [1.82, 2.24) is 5.43 Å². The van der Waals surface area contributed by atoms with Gasteiger partial charge in [-0.05, 0) is 43.2 Å². The summed E-state index contributed by atoms with van der Waals surface area (Å²) in [7, 11) is 0. The minimum atomic E-state index is -0.143. The molecule has 0 atom stereocenters. The third kappa shape index (κ3) is 3.30. The fourth-order valence-corrected chi connectivity index (χ4v) is 3.64. The Hall–Kier alpha value is -2.80. The second-order valence-corrected chi connectivity index (χ2v) is 7.13. The first-order chi connectivity index (χ1) is 12.6. The van der Waals surface area contributed by atoms with Gasteiger partial charge < -0.3 is 10.1 Å². The number of carbonyl (C=O) groups excluding carboxylic acids is 1. The number of thioether (sulfide) groups is 1. The number of hydrogen-bond acceptors (Lipinski definition) is 5. The maximum atomic E-state index is 11.5. The number of aryl methyl sites for hydroxylation is 2. The van der Waals surface area contributed by atoms with E-state index in [1.54, 1.807) is 11.8 Å². The van der Waals surface area contributed by atoms with Gasteiger partial charge in [0.2, 0.25) is 0 Å². The molecular formula is C19H18N4O2S. The molecule has 0 saturated heterocycles. The maximum Gasteiger partial charge on any atom is 0.262 e. The summed E-state index contributed by atoms with van der Waals surface area (Å²) < 4.78 is 5.39. The number of nitrogens with one attached hydrogen (secondary N) is 2. The molecule has 0 spiro atoms. The predicted molar refractivity (Wildman–Crippen MR) is 106 cm³/mol. The van der Waals surface area contributed by atoms with Crippen molar-refractivity contribution in [3.63, 3.8) is 0 Å². The minimum absolute atomic E-state index is 0.0584. The fraction of sp³-hybridized carbons (Fsp3) is 0.211. The van der Waals surface area contributed by atoms with Crippen LogP contribution in [0.5, 0.6) is 5.75 Å². The molecular weight excluding hydrogens is 348 g/mol. The first-order valence-corrected chi connectivity index (χ1v) is 9.26. The van der Waals surface area contributed by atoms with Gasteiger partial charge in [0.15, 0.2) is 11.8 Å². The van der Waals surface area contributed by atoms with Crippen LogP contribution in [0.15, 0.2) is 46.5 Å². The van der Waals surface area contributed by atoms with Crippen LogP contribution in [0.3, 0.4) is 0 Å². The number of rotatable bonds is 2. The molecule has 2 heterocycles. The van der Waals surface area contributed by atoms with E-state index in [0.29, 0.717) is 17.2 Å². The molecule has 2 aromatic carbocycles. The highest BCUT2D eigenvalue weighted by Gasteiger charge is 2.19. The second-order valence-electron chi connectivity index (χ2n) is 6.16. The van der Waals surface area contributed by atoms with Crippen LogP contribution in [-0.4, -0.2) is 29.1 Å². The normalized spacial score (nSPS) is 17.7. The maximum absolute atomic E-state index is 11.5. The van der Waals surface area contributed by atoms with Gasteiger partial charge >= 0.3 is 0 Å². The van der Waals surface area contributed by atoms with Gasteiger partial charge in [-0.3, -0.25) is 10.2 Å². The van der Waals surface area contributed by atoms with E-state index >= 15 is 0 Å². The number of carbonyl (C=O) groups is 1. The van der Waals surface area contributed by atoms with Gasteiger partial charge in [-0.15, -0.1) is 0 Å². The minimum Gasteiger partial charge on any atom is -0.482 e. The number of hydrazone groups is 1. The van der Waals surface area contributed by atoms with Gasteiger partial charge in [-0.25, -0.2) is 4.99 Å². The first kappa shape index (κ1) is 16.7. The number of ether oxygens (including phenoxy) is 1. The summed E-state index contributed by atoms with van der Waals surface area (Å²) in [5.41, 5.74) is 8.83. The Bertz CT molecular complexity index is 932. The Labute approximate surface area is 155 Å². The molecule has 2 aromatic rings. The van der Waals surface area contributed by atoms with E-state index in [2.05, 4.69) is 41.8 Å². The van der Waals surface area contributed by atoms with E-state index in [4.69, 9.17) is 9.73 Å². The molecule has 0 fully saturated rings. The predicted octanol–water partition coefficient (Wildman–Crippen LogP) is 3.36. The second kappa shape index (κ2) is 6.84. The molecule has 2 aliphatic heterocycles. The Morgan fingerprint density at radius 3 is 2.73 bits per heavy atom. The summed E-state index contributed by atoms with van der Waals surface area (Å²) >= 11 is 1.61. The van der Waals surface area contributed by atoms with Crippen LogP contribution in [0.2, 0.25) is 0 Å². The van der Waals surface area contributed by atoms with Gasteiger partial charge in [0.1, 0.15) is 5.75 Å².